The van der Waals surface area contributed by atoms with Crippen LogP contribution in [0.4, 0.5) is 0 Å². The first kappa shape index (κ1) is 21.4. The largest absolute Gasteiger partial charge is 0.481 e. The van der Waals surface area contributed by atoms with Gasteiger partial charge in [0.25, 0.3) is 0 Å². The van der Waals surface area contributed by atoms with Crippen molar-refractivity contribution in [1.29, 1.82) is 0 Å². The number of ether oxygens (including phenoxy) is 1. The van der Waals surface area contributed by atoms with E-state index in [4.69, 9.17) is 9.84 Å². The zero-order valence-corrected chi connectivity index (χ0v) is 14.9. The molecule has 132 valence electrons. The van der Waals surface area contributed by atoms with Crippen molar-refractivity contribution in [3.05, 3.63) is 0 Å². The Morgan fingerprint density at radius 1 is 0.909 bits per heavy atom. The SMILES string of the molecule is CCCCC(CC)COCCCCCCCCCCC(=O)O. The average molecular weight is 315 g/mol. The minimum atomic E-state index is -0.667. The van der Waals surface area contributed by atoms with E-state index in [-0.39, 0.29) is 0 Å². The quantitative estimate of drug-likeness (QED) is 0.344. The lowest BCUT2D eigenvalue weighted by atomic mass is 10.0. The fraction of sp³-hybridized carbons (Fsp3) is 0.947. The first-order chi connectivity index (χ1) is 10.7. The monoisotopic (exact) mass is 314 g/mol. The minimum absolute atomic E-state index is 0.328. The highest BCUT2D eigenvalue weighted by molar-refractivity contribution is 5.66. The van der Waals surface area contributed by atoms with E-state index in [0.717, 1.165) is 32.0 Å². The van der Waals surface area contributed by atoms with Gasteiger partial charge >= 0.3 is 5.97 Å². The van der Waals surface area contributed by atoms with E-state index >= 15 is 0 Å². The molecular formula is C19H38O3. The van der Waals surface area contributed by atoms with Crippen LogP contribution in [-0.4, -0.2) is 24.3 Å². The number of carboxylic acid groups (broad SMARTS) is 1. The van der Waals surface area contributed by atoms with Gasteiger partial charge in [-0.05, 0) is 25.2 Å². The second kappa shape index (κ2) is 16.8. The molecule has 0 fully saturated rings. The zero-order valence-electron chi connectivity index (χ0n) is 14.9. The molecule has 0 aromatic heterocycles. The Hall–Kier alpha value is -0.570. The van der Waals surface area contributed by atoms with Gasteiger partial charge < -0.3 is 9.84 Å². The summed E-state index contributed by atoms with van der Waals surface area (Å²) in [5.74, 6) is 0.0887. The first-order valence-electron chi connectivity index (χ1n) is 9.50. The zero-order chi connectivity index (χ0) is 16.5. The predicted molar refractivity (Wildman–Crippen MR) is 93.3 cm³/mol. The Bertz CT molecular complexity index is 241. The fourth-order valence-electron chi connectivity index (χ4n) is 2.69. The van der Waals surface area contributed by atoms with Crippen molar-refractivity contribution in [3.63, 3.8) is 0 Å². The molecule has 0 aromatic rings. The molecule has 0 spiro atoms. The highest BCUT2D eigenvalue weighted by Gasteiger charge is 2.05. The van der Waals surface area contributed by atoms with Gasteiger partial charge in [0.1, 0.15) is 0 Å². The van der Waals surface area contributed by atoms with Gasteiger partial charge in [0.15, 0.2) is 0 Å². The van der Waals surface area contributed by atoms with E-state index in [1.165, 1.54) is 64.2 Å². The molecule has 3 nitrogen and oxygen atoms in total. The van der Waals surface area contributed by atoms with E-state index < -0.39 is 5.97 Å². The van der Waals surface area contributed by atoms with E-state index in [9.17, 15) is 4.79 Å². The van der Waals surface area contributed by atoms with Crippen LogP contribution in [-0.2, 0) is 9.53 Å². The van der Waals surface area contributed by atoms with E-state index in [1.54, 1.807) is 0 Å². The third kappa shape index (κ3) is 15.8. The normalized spacial score (nSPS) is 12.5. The van der Waals surface area contributed by atoms with Gasteiger partial charge in [0, 0.05) is 19.6 Å². The maximum atomic E-state index is 10.4. The van der Waals surface area contributed by atoms with E-state index in [1.807, 2.05) is 0 Å². The molecule has 0 aliphatic rings. The summed E-state index contributed by atoms with van der Waals surface area (Å²) < 4.78 is 5.81. The maximum Gasteiger partial charge on any atom is 0.303 e. The predicted octanol–water partition coefficient (Wildman–Crippen LogP) is 5.81. The lowest BCUT2D eigenvalue weighted by molar-refractivity contribution is -0.137. The molecule has 0 bridgehead atoms. The molecule has 0 aliphatic heterocycles. The highest BCUT2D eigenvalue weighted by atomic mass is 16.5. The molecule has 0 amide bonds. The fourth-order valence-corrected chi connectivity index (χ4v) is 2.69. The second-order valence-electron chi connectivity index (χ2n) is 6.46. The van der Waals surface area contributed by atoms with E-state index in [2.05, 4.69) is 13.8 Å². The van der Waals surface area contributed by atoms with Crippen LogP contribution in [0.15, 0.2) is 0 Å². The smallest absolute Gasteiger partial charge is 0.303 e. The van der Waals surface area contributed by atoms with Gasteiger partial charge in [-0.2, -0.15) is 0 Å². The highest BCUT2D eigenvalue weighted by Crippen LogP contribution is 2.13. The summed E-state index contributed by atoms with van der Waals surface area (Å²) in [6.45, 7) is 6.38. The molecule has 0 heterocycles. The summed E-state index contributed by atoms with van der Waals surface area (Å²) in [5.41, 5.74) is 0. The number of carbonyl (C=O) groups is 1. The van der Waals surface area contributed by atoms with Crippen LogP contribution >= 0.6 is 0 Å². The lowest BCUT2D eigenvalue weighted by Crippen LogP contribution is -2.09. The Balaban J connectivity index is 3.18. The summed E-state index contributed by atoms with van der Waals surface area (Å²) in [5, 5.41) is 8.54. The standard InChI is InChI=1S/C19H38O3/c1-3-5-14-18(4-2)17-22-16-13-11-9-7-6-8-10-12-15-19(20)21/h18H,3-17H2,1-2H3,(H,20,21). The molecule has 1 unspecified atom stereocenters. The number of aliphatic carboxylic acids is 1. The molecule has 0 rings (SSSR count). The Kier molecular flexibility index (Phi) is 16.4. The van der Waals surface area contributed by atoms with Crippen molar-refractivity contribution in [2.45, 2.75) is 97.3 Å². The maximum absolute atomic E-state index is 10.4. The topological polar surface area (TPSA) is 46.5 Å². The van der Waals surface area contributed by atoms with Crippen LogP contribution in [0.5, 0.6) is 0 Å². The minimum Gasteiger partial charge on any atom is -0.481 e. The van der Waals surface area contributed by atoms with Crippen LogP contribution in [0.25, 0.3) is 0 Å². The van der Waals surface area contributed by atoms with Gasteiger partial charge in [-0.1, -0.05) is 71.6 Å². The Morgan fingerprint density at radius 2 is 1.50 bits per heavy atom. The van der Waals surface area contributed by atoms with Gasteiger partial charge in [-0.15, -0.1) is 0 Å². The van der Waals surface area contributed by atoms with Crippen LogP contribution in [0.2, 0.25) is 0 Å². The lowest BCUT2D eigenvalue weighted by Gasteiger charge is -2.14. The van der Waals surface area contributed by atoms with Gasteiger partial charge in [-0.3, -0.25) is 4.79 Å². The van der Waals surface area contributed by atoms with Crippen LogP contribution in [0.1, 0.15) is 97.3 Å². The third-order valence-corrected chi connectivity index (χ3v) is 4.33. The van der Waals surface area contributed by atoms with Crippen molar-refractivity contribution >= 4 is 5.97 Å². The van der Waals surface area contributed by atoms with Crippen LogP contribution < -0.4 is 0 Å². The summed E-state index contributed by atoms with van der Waals surface area (Å²) in [6.07, 6.45) is 14.8. The Labute approximate surface area is 137 Å². The number of carboxylic acids is 1. The summed E-state index contributed by atoms with van der Waals surface area (Å²) in [7, 11) is 0. The van der Waals surface area contributed by atoms with E-state index in [0.29, 0.717) is 6.42 Å². The summed E-state index contributed by atoms with van der Waals surface area (Å²) >= 11 is 0. The molecule has 1 atom stereocenters. The number of hydrogen-bond donors (Lipinski definition) is 1. The molecule has 0 saturated heterocycles. The number of hydrogen-bond acceptors (Lipinski definition) is 2. The second-order valence-corrected chi connectivity index (χ2v) is 6.46. The molecule has 22 heavy (non-hydrogen) atoms. The summed E-state index contributed by atoms with van der Waals surface area (Å²) in [6, 6.07) is 0. The van der Waals surface area contributed by atoms with Crippen LogP contribution in [0.3, 0.4) is 0 Å². The van der Waals surface area contributed by atoms with Crippen molar-refractivity contribution in [1.82, 2.24) is 0 Å². The van der Waals surface area contributed by atoms with Crippen molar-refractivity contribution < 1.29 is 14.6 Å². The van der Waals surface area contributed by atoms with Crippen LogP contribution in [0, 0.1) is 5.92 Å². The van der Waals surface area contributed by atoms with Crippen molar-refractivity contribution in [2.24, 2.45) is 5.92 Å². The number of unbranched alkanes of at least 4 members (excludes halogenated alkanes) is 8. The van der Waals surface area contributed by atoms with Gasteiger partial charge in [0.2, 0.25) is 0 Å². The molecule has 0 radical (unpaired) electrons. The Morgan fingerprint density at radius 3 is 2.05 bits per heavy atom. The molecule has 0 saturated carbocycles. The summed E-state index contributed by atoms with van der Waals surface area (Å²) in [4.78, 5) is 10.4. The van der Waals surface area contributed by atoms with Crippen molar-refractivity contribution in [3.8, 4) is 0 Å². The van der Waals surface area contributed by atoms with Gasteiger partial charge in [-0.25, -0.2) is 0 Å². The molecule has 0 aliphatic carbocycles. The third-order valence-electron chi connectivity index (χ3n) is 4.33. The molecular weight excluding hydrogens is 276 g/mol. The molecule has 0 aromatic carbocycles. The number of rotatable bonds is 17. The molecule has 1 N–H and O–H groups in total. The first-order valence-corrected chi connectivity index (χ1v) is 9.50. The van der Waals surface area contributed by atoms with Gasteiger partial charge in [0.05, 0.1) is 0 Å². The molecule has 3 heteroatoms. The van der Waals surface area contributed by atoms with Crippen molar-refractivity contribution in [2.75, 3.05) is 13.2 Å². The average Bonchev–Trinajstić information content (AvgIpc) is 2.51.